The van der Waals surface area contributed by atoms with E-state index in [2.05, 4.69) is 0 Å². The molecule has 0 aromatic rings. The number of hydrogen-bond acceptors (Lipinski definition) is 3. The Morgan fingerprint density at radius 1 is 1.50 bits per heavy atom. The van der Waals surface area contributed by atoms with Crippen LogP contribution in [0.4, 0.5) is 0 Å². The van der Waals surface area contributed by atoms with E-state index in [-0.39, 0.29) is 51.4 Å². The fourth-order valence-electron chi connectivity index (χ4n) is 0. The SMILES string of the molecule is N=C[SH](=O)=O.[KH]. The fraction of sp³-hybridized carbons (Fsp3) is 0. The molecule has 3 nitrogen and oxygen atoms in total. The quantitative estimate of drug-likeness (QED) is 0.199. The molecular formula is CH4KNO2S. The normalized spacial score (nSPS) is 6.83. The molecule has 0 aliphatic rings. The molecule has 0 aliphatic carbocycles. The van der Waals surface area contributed by atoms with E-state index in [1.165, 1.54) is 0 Å². The zero-order chi connectivity index (χ0) is 4.28. The number of thiol groups is 1. The first kappa shape index (κ1) is 10.3. The Hall–Kier alpha value is 1.26. The summed E-state index contributed by atoms with van der Waals surface area (Å²) in [4.78, 5) is 0. The van der Waals surface area contributed by atoms with Gasteiger partial charge in [-0.05, 0) is 0 Å². The number of hydrogen-bond donors (Lipinski definition) is 2. The second-order valence-corrected chi connectivity index (χ2v) is 1.24. The summed E-state index contributed by atoms with van der Waals surface area (Å²) in [6.45, 7) is 0. The van der Waals surface area contributed by atoms with Gasteiger partial charge in [0.15, 0.2) is 10.7 Å². The minimum atomic E-state index is -2.56. The minimum absolute atomic E-state index is 0. The third-order valence-electron chi connectivity index (χ3n) is 0.105. The summed E-state index contributed by atoms with van der Waals surface area (Å²) in [5, 5.41) is 5.94. The number of rotatable bonds is 1. The molecule has 0 aromatic carbocycles. The van der Waals surface area contributed by atoms with Gasteiger partial charge in [-0.2, -0.15) is 0 Å². The molecule has 0 aliphatic heterocycles. The summed E-state index contributed by atoms with van der Waals surface area (Å²) < 4.78 is 18.3. The van der Waals surface area contributed by atoms with E-state index in [0.29, 0.717) is 5.55 Å². The van der Waals surface area contributed by atoms with Gasteiger partial charge in [-0.1, -0.05) is 0 Å². The van der Waals surface area contributed by atoms with Crippen LogP contribution in [0.1, 0.15) is 0 Å². The molecule has 0 rings (SSSR count). The first-order valence-corrected chi connectivity index (χ1v) is 2.16. The molecule has 6 heavy (non-hydrogen) atoms. The summed E-state index contributed by atoms with van der Waals surface area (Å²) in [7, 11) is -2.56. The van der Waals surface area contributed by atoms with Crippen molar-refractivity contribution in [2.75, 3.05) is 0 Å². The molecule has 0 bridgehead atoms. The van der Waals surface area contributed by atoms with Gasteiger partial charge in [0.25, 0.3) is 0 Å². The predicted octanol–water partition coefficient (Wildman–Crippen LogP) is -1.44. The van der Waals surface area contributed by atoms with Crippen LogP contribution in [0.2, 0.25) is 0 Å². The fourth-order valence-corrected chi connectivity index (χ4v) is 0. The molecule has 1 N–H and O–H groups in total. The second-order valence-electron chi connectivity index (χ2n) is 0.414. The molecular weight excluding hydrogens is 129 g/mol. The average molecular weight is 133 g/mol. The summed E-state index contributed by atoms with van der Waals surface area (Å²) in [6.07, 6.45) is 0. The van der Waals surface area contributed by atoms with Crippen molar-refractivity contribution in [2.45, 2.75) is 0 Å². The van der Waals surface area contributed by atoms with Crippen molar-refractivity contribution in [3.05, 3.63) is 0 Å². The van der Waals surface area contributed by atoms with Crippen molar-refractivity contribution < 1.29 is 8.42 Å². The summed E-state index contributed by atoms with van der Waals surface area (Å²) >= 11 is 0. The van der Waals surface area contributed by atoms with Crippen molar-refractivity contribution in [2.24, 2.45) is 0 Å². The monoisotopic (exact) mass is 133 g/mol. The van der Waals surface area contributed by atoms with Gasteiger partial charge in [-0.15, -0.1) is 0 Å². The van der Waals surface area contributed by atoms with Crippen LogP contribution >= 0.6 is 0 Å². The van der Waals surface area contributed by atoms with Gasteiger partial charge in [0.1, 0.15) is 5.55 Å². The first-order chi connectivity index (χ1) is 2.27. The molecule has 0 saturated carbocycles. The average Bonchev–Trinajstić information content (AvgIpc) is 1.38. The van der Waals surface area contributed by atoms with E-state index in [1.807, 2.05) is 0 Å². The summed E-state index contributed by atoms with van der Waals surface area (Å²) in [5.41, 5.74) is 0.370. The Labute approximate surface area is 80.0 Å². The van der Waals surface area contributed by atoms with Crippen LogP contribution in [0.3, 0.4) is 0 Å². The predicted molar refractivity (Wildman–Crippen MR) is 26.2 cm³/mol. The molecule has 0 atom stereocenters. The van der Waals surface area contributed by atoms with Crippen LogP contribution in [-0.4, -0.2) is 65.3 Å². The molecule has 0 heterocycles. The van der Waals surface area contributed by atoms with Crippen molar-refractivity contribution in [1.82, 2.24) is 0 Å². The molecule has 0 amide bonds. The molecule has 32 valence electrons. The van der Waals surface area contributed by atoms with Crippen LogP contribution in [0.15, 0.2) is 0 Å². The zero-order valence-corrected chi connectivity index (χ0v) is 3.24. The van der Waals surface area contributed by atoms with Gasteiger partial charge in [0.05, 0.1) is 0 Å². The maximum atomic E-state index is 9.16. The van der Waals surface area contributed by atoms with Crippen LogP contribution in [0, 0.1) is 5.41 Å². The summed E-state index contributed by atoms with van der Waals surface area (Å²) in [5.74, 6) is 0. The van der Waals surface area contributed by atoms with Crippen LogP contribution in [0.5, 0.6) is 0 Å². The topological polar surface area (TPSA) is 58.0 Å². The van der Waals surface area contributed by atoms with Gasteiger partial charge >= 0.3 is 51.4 Å². The zero-order valence-electron chi connectivity index (χ0n) is 2.34. The third kappa shape index (κ3) is 8.98. The van der Waals surface area contributed by atoms with Crippen LogP contribution in [0.25, 0.3) is 0 Å². The molecule has 0 aromatic heterocycles. The molecule has 0 saturated heterocycles. The van der Waals surface area contributed by atoms with Crippen molar-refractivity contribution in [1.29, 1.82) is 5.41 Å². The summed E-state index contributed by atoms with van der Waals surface area (Å²) in [6, 6.07) is 0. The van der Waals surface area contributed by atoms with Crippen LogP contribution in [-0.2, 0) is 10.7 Å². The van der Waals surface area contributed by atoms with Crippen molar-refractivity contribution >= 4 is 67.6 Å². The third-order valence-corrected chi connectivity index (χ3v) is 0.316. The van der Waals surface area contributed by atoms with E-state index >= 15 is 0 Å². The standard InChI is InChI=1S/CH3NO2S.K.H/c2-1-5(3)4;;/h1-2,5H;;. The van der Waals surface area contributed by atoms with Gasteiger partial charge in [0, 0.05) is 0 Å². The maximum absolute atomic E-state index is 9.16. The second kappa shape index (κ2) is 6.26. The molecule has 0 spiro atoms. The Kier molecular flexibility index (Phi) is 10.7. The van der Waals surface area contributed by atoms with Gasteiger partial charge in [-0.3, -0.25) is 5.41 Å². The molecule has 0 radical (unpaired) electrons. The number of nitrogens with one attached hydrogen (secondary N) is 1. The van der Waals surface area contributed by atoms with E-state index in [1.54, 1.807) is 0 Å². The van der Waals surface area contributed by atoms with Gasteiger partial charge in [-0.25, -0.2) is 8.42 Å². The Bertz CT molecular complexity index is 89.7. The molecule has 0 unspecified atom stereocenters. The van der Waals surface area contributed by atoms with E-state index in [4.69, 9.17) is 13.8 Å². The van der Waals surface area contributed by atoms with Crippen molar-refractivity contribution in [3.8, 4) is 0 Å². The Balaban J connectivity index is 0. The molecule has 5 heteroatoms. The van der Waals surface area contributed by atoms with Gasteiger partial charge in [0.2, 0.25) is 0 Å². The first-order valence-electron chi connectivity index (χ1n) is 0.912. The van der Waals surface area contributed by atoms with Crippen molar-refractivity contribution in [3.63, 3.8) is 0 Å². The Morgan fingerprint density at radius 3 is 1.67 bits per heavy atom. The molecule has 0 fully saturated rings. The van der Waals surface area contributed by atoms with E-state index in [9.17, 15) is 0 Å². The van der Waals surface area contributed by atoms with E-state index < -0.39 is 10.7 Å². The van der Waals surface area contributed by atoms with Gasteiger partial charge < -0.3 is 0 Å². The Morgan fingerprint density at radius 2 is 1.67 bits per heavy atom. The van der Waals surface area contributed by atoms with Crippen LogP contribution < -0.4 is 0 Å². The van der Waals surface area contributed by atoms with E-state index in [0.717, 1.165) is 0 Å².